The Bertz CT molecular complexity index is 417. The van der Waals surface area contributed by atoms with Crippen molar-refractivity contribution in [2.45, 2.75) is 6.54 Å². The number of rotatable bonds is 3. The number of hydrogen-bond acceptors (Lipinski definition) is 1. The van der Waals surface area contributed by atoms with Crippen LogP contribution in [-0.4, -0.2) is 30.2 Å². The van der Waals surface area contributed by atoms with Gasteiger partial charge in [0.15, 0.2) is 0 Å². The van der Waals surface area contributed by atoms with Gasteiger partial charge in [-0.05, 0) is 12.1 Å². The molecule has 0 saturated carbocycles. The van der Waals surface area contributed by atoms with E-state index in [1.807, 2.05) is 18.5 Å². The lowest BCUT2D eigenvalue weighted by molar-refractivity contribution is -0.858. The predicted molar refractivity (Wildman–Crippen MR) is 57.4 cm³/mol. The molecule has 0 bridgehead atoms. The third-order valence-corrected chi connectivity index (χ3v) is 2.38. The first-order chi connectivity index (χ1) is 6.77. The zero-order valence-electron chi connectivity index (χ0n) is 8.70. The summed E-state index contributed by atoms with van der Waals surface area (Å²) in [5.41, 5.74) is 2.31. The van der Waals surface area contributed by atoms with Gasteiger partial charge in [-0.15, -0.1) is 0 Å². The van der Waals surface area contributed by atoms with Crippen molar-refractivity contribution in [2.75, 3.05) is 20.6 Å². The zero-order chi connectivity index (χ0) is 9.97. The van der Waals surface area contributed by atoms with Crippen LogP contribution in [0.25, 0.3) is 11.0 Å². The summed E-state index contributed by atoms with van der Waals surface area (Å²) in [6, 6.07) is 8.25. The summed E-state index contributed by atoms with van der Waals surface area (Å²) in [5, 5.41) is 0. The average Bonchev–Trinajstić information content (AvgIpc) is 2.58. The number of benzene rings is 1. The first kappa shape index (κ1) is 9.21. The van der Waals surface area contributed by atoms with Gasteiger partial charge in [0.2, 0.25) is 0 Å². The molecule has 0 spiro atoms. The van der Waals surface area contributed by atoms with E-state index in [4.69, 9.17) is 0 Å². The Hall–Kier alpha value is -1.35. The summed E-state index contributed by atoms with van der Waals surface area (Å²) < 4.78 is 2.21. The van der Waals surface area contributed by atoms with Crippen LogP contribution >= 0.6 is 0 Å². The van der Waals surface area contributed by atoms with Crippen LogP contribution in [0, 0.1) is 0 Å². The Labute approximate surface area is 84.0 Å². The summed E-state index contributed by atoms with van der Waals surface area (Å²) in [4.78, 5) is 5.81. The minimum Gasteiger partial charge on any atom is -0.338 e. The molecule has 0 aliphatic carbocycles. The largest absolute Gasteiger partial charge is 0.338 e. The molecule has 2 aromatic rings. The third kappa shape index (κ3) is 1.77. The number of fused-ring (bicyclic) bond motifs is 1. The molecule has 0 aliphatic heterocycles. The molecule has 0 unspecified atom stereocenters. The number of nitrogens with one attached hydrogen (secondary N) is 1. The van der Waals surface area contributed by atoms with Crippen LogP contribution in [0.4, 0.5) is 0 Å². The topological polar surface area (TPSA) is 22.3 Å². The Balaban J connectivity index is 2.25. The average molecular weight is 190 g/mol. The van der Waals surface area contributed by atoms with E-state index in [1.54, 1.807) is 0 Å². The molecular formula is C11H16N3+. The van der Waals surface area contributed by atoms with Gasteiger partial charge < -0.3 is 9.47 Å². The van der Waals surface area contributed by atoms with Crippen molar-refractivity contribution in [3.05, 3.63) is 30.6 Å². The molecule has 0 atom stereocenters. The second-order valence-corrected chi connectivity index (χ2v) is 3.88. The molecule has 14 heavy (non-hydrogen) atoms. The number of nitrogens with zero attached hydrogens (tertiary/aromatic N) is 2. The van der Waals surface area contributed by atoms with Crippen molar-refractivity contribution < 1.29 is 4.90 Å². The number of aromatic nitrogens is 2. The van der Waals surface area contributed by atoms with Crippen LogP contribution in [0.5, 0.6) is 0 Å². The normalized spacial score (nSPS) is 11.4. The standard InChI is InChI=1S/C11H15N3/c1-13(2)7-8-14-9-12-10-5-3-4-6-11(10)14/h3-6,9H,7-8H2,1-2H3/p+1. The van der Waals surface area contributed by atoms with E-state index < -0.39 is 0 Å². The minimum absolute atomic E-state index is 1.03. The van der Waals surface area contributed by atoms with Gasteiger partial charge in [-0.1, -0.05) is 12.1 Å². The molecule has 1 N–H and O–H groups in total. The van der Waals surface area contributed by atoms with Crippen molar-refractivity contribution >= 4 is 11.0 Å². The lowest BCUT2D eigenvalue weighted by Crippen LogP contribution is -3.06. The Kier molecular flexibility index (Phi) is 2.50. The van der Waals surface area contributed by atoms with Gasteiger partial charge in [0.25, 0.3) is 0 Å². The highest BCUT2D eigenvalue weighted by Gasteiger charge is 2.01. The van der Waals surface area contributed by atoms with Gasteiger partial charge in [-0.2, -0.15) is 0 Å². The Morgan fingerprint density at radius 1 is 1.29 bits per heavy atom. The molecule has 3 heteroatoms. The van der Waals surface area contributed by atoms with Crippen molar-refractivity contribution in [2.24, 2.45) is 0 Å². The minimum atomic E-state index is 1.03. The highest BCUT2D eigenvalue weighted by molar-refractivity contribution is 5.74. The number of imidazole rings is 1. The second kappa shape index (κ2) is 3.80. The highest BCUT2D eigenvalue weighted by Crippen LogP contribution is 2.10. The Morgan fingerprint density at radius 2 is 2.07 bits per heavy atom. The SMILES string of the molecule is C[NH+](C)CCn1cnc2ccccc21. The number of quaternary nitrogens is 1. The van der Waals surface area contributed by atoms with E-state index in [2.05, 4.69) is 35.8 Å². The van der Waals surface area contributed by atoms with E-state index in [9.17, 15) is 0 Å². The van der Waals surface area contributed by atoms with Gasteiger partial charge in [0.1, 0.15) is 0 Å². The van der Waals surface area contributed by atoms with Gasteiger partial charge in [-0.3, -0.25) is 0 Å². The van der Waals surface area contributed by atoms with Gasteiger partial charge in [0.05, 0.1) is 44.5 Å². The van der Waals surface area contributed by atoms with Crippen molar-refractivity contribution in [1.82, 2.24) is 9.55 Å². The third-order valence-electron chi connectivity index (χ3n) is 2.38. The molecule has 74 valence electrons. The molecule has 3 nitrogen and oxygen atoms in total. The predicted octanol–water partition coefficient (Wildman–Crippen LogP) is 0.181. The van der Waals surface area contributed by atoms with Gasteiger partial charge >= 0.3 is 0 Å². The van der Waals surface area contributed by atoms with Crippen LogP contribution < -0.4 is 4.90 Å². The maximum atomic E-state index is 4.35. The summed E-state index contributed by atoms with van der Waals surface area (Å²) >= 11 is 0. The van der Waals surface area contributed by atoms with E-state index >= 15 is 0 Å². The molecule has 1 heterocycles. The highest BCUT2D eigenvalue weighted by atomic mass is 15.1. The van der Waals surface area contributed by atoms with Crippen LogP contribution in [0.1, 0.15) is 0 Å². The molecule has 0 aliphatic rings. The zero-order valence-corrected chi connectivity index (χ0v) is 8.70. The quantitative estimate of drug-likeness (QED) is 0.733. The summed E-state index contributed by atoms with van der Waals surface area (Å²) in [7, 11) is 4.33. The fraction of sp³-hybridized carbons (Fsp3) is 0.364. The van der Waals surface area contributed by atoms with Crippen LogP contribution in [-0.2, 0) is 6.54 Å². The maximum Gasteiger partial charge on any atom is 0.0960 e. The van der Waals surface area contributed by atoms with Crippen LogP contribution in [0.3, 0.4) is 0 Å². The van der Waals surface area contributed by atoms with Crippen molar-refractivity contribution in [3.63, 3.8) is 0 Å². The molecule has 0 saturated heterocycles. The van der Waals surface area contributed by atoms with Crippen molar-refractivity contribution in [1.29, 1.82) is 0 Å². The first-order valence-corrected chi connectivity index (χ1v) is 4.96. The monoisotopic (exact) mass is 190 g/mol. The summed E-state index contributed by atoms with van der Waals surface area (Å²) in [6.07, 6.45) is 1.92. The smallest absolute Gasteiger partial charge is 0.0960 e. The lowest BCUT2D eigenvalue weighted by atomic mass is 10.3. The summed E-state index contributed by atoms with van der Waals surface area (Å²) in [5.74, 6) is 0. The molecule has 0 amide bonds. The fourth-order valence-electron chi connectivity index (χ4n) is 1.53. The van der Waals surface area contributed by atoms with Crippen LogP contribution in [0.15, 0.2) is 30.6 Å². The molecule has 2 rings (SSSR count). The van der Waals surface area contributed by atoms with E-state index in [0.717, 1.165) is 18.6 Å². The fourth-order valence-corrected chi connectivity index (χ4v) is 1.53. The van der Waals surface area contributed by atoms with Gasteiger partial charge in [-0.25, -0.2) is 4.98 Å². The first-order valence-electron chi connectivity index (χ1n) is 4.96. The second-order valence-electron chi connectivity index (χ2n) is 3.88. The van der Waals surface area contributed by atoms with Crippen LogP contribution in [0.2, 0.25) is 0 Å². The number of hydrogen-bond donors (Lipinski definition) is 1. The van der Waals surface area contributed by atoms with E-state index in [-0.39, 0.29) is 0 Å². The molecule has 0 radical (unpaired) electrons. The lowest BCUT2D eigenvalue weighted by Gasteiger charge is -2.07. The van der Waals surface area contributed by atoms with E-state index in [1.165, 1.54) is 10.4 Å². The molecular weight excluding hydrogens is 174 g/mol. The number of likely N-dealkylation sites (N-methyl/N-ethyl adjacent to an activating group) is 1. The number of para-hydroxylation sites is 2. The van der Waals surface area contributed by atoms with E-state index in [0.29, 0.717) is 0 Å². The van der Waals surface area contributed by atoms with Crippen molar-refractivity contribution in [3.8, 4) is 0 Å². The Morgan fingerprint density at radius 3 is 2.86 bits per heavy atom. The summed E-state index contributed by atoms with van der Waals surface area (Å²) in [6.45, 7) is 2.16. The molecule has 1 aromatic carbocycles. The maximum absolute atomic E-state index is 4.35. The molecule has 1 aromatic heterocycles. The molecule has 0 fully saturated rings. The van der Waals surface area contributed by atoms with Gasteiger partial charge in [0, 0.05) is 0 Å².